The van der Waals surface area contributed by atoms with Crippen LogP contribution in [0.3, 0.4) is 0 Å². The van der Waals surface area contributed by atoms with E-state index in [2.05, 4.69) is 14.7 Å². The largest absolute Gasteiger partial charge is 0.487 e. The second kappa shape index (κ2) is 5.29. The molecule has 0 bridgehead atoms. The van der Waals surface area contributed by atoms with E-state index in [1.54, 1.807) is 13.3 Å². The van der Waals surface area contributed by atoms with Crippen molar-refractivity contribution in [1.29, 1.82) is 0 Å². The van der Waals surface area contributed by atoms with E-state index in [9.17, 15) is 0 Å². The Morgan fingerprint density at radius 2 is 2.58 bits per heavy atom. The molecule has 0 aliphatic carbocycles. The second-order valence-corrected chi connectivity index (χ2v) is 2.36. The highest BCUT2D eigenvalue weighted by Gasteiger charge is 1.88. The Hall–Kier alpha value is -1.38. The molecule has 1 aromatic heterocycles. The standard InChI is InChI=1S/C9H12N2O/c1-12-8-11-6-4-9-3-2-5-10-7-9/h2-3,5,7-8H,4,6H2,1H3. The number of methoxy groups -OCH3 is 1. The van der Waals surface area contributed by atoms with Crippen LogP contribution in [0.1, 0.15) is 5.56 Å². The summed E-state index contributed by atoms with van der Waals surface area (Å²) >= 11 is 0. The lowest BCUT2D eigenvalue weighted by Gasteiger charge is -1.95. The van der Waals surface area contributed by atoms with Gasteiger partial charge in [-0.25, -0.2) is 0 Å². The van der Waals surface area contributed by atoms with Gasteiger partial charge in [-0.05, 0) is 18.1 Å². The van der Waals surface area contributed by atoms with Gasteiger partial charge in [0, 0.05) is 18.9 Å². The Bertz CT molecular complexity index is 234. The highest BCUT2D eigenvalue weighted by Crippen LogP contribution is 1.96. The Labute approximate surface area is 72.1 Å². The predicted molar refractivity (Wildman–Crippen MR) is 48.3 cm³/mol. The van der Waals surface area contributed by atoms with Crippen molar-refractivity contribution in [3.05, 3.63) is 30.1 Å². The van der Waals surface area contributed by atoms with Crippen LogP contribution in [0.5, 0.6) is 0 Å². The minimum Gasteiger partial charge on any atom is -0.487 e. The molecule has 1 heterocycles. The van der Waals surface area contributed by atoms with Crippen LogP contribution in [0, 0.1) is 0 Å². The van der Waals surface area contributed by atoms with Crippen molar-refractivity contribution in [2.24, 2.45) is 4.99 Å². The number of hydrogen-bond donors (Lipinski definition) is 0. The molecule has 0 aliphatic heterocycles. The zero-order valence-electron chi connectivity index (χ0n) is 7.10. The zero-order valence-corrected chi connectivity index (χ0v) is 7.10. The lowest BCUT2D eigenvalue weighted by molar-refractivity contribution is 0.421. The van der Waals surface area contributed by atoms with E-state index in [4.69, 9.17) is 0 Å². The number of nitrogens with zero attached hydrogens (tertiary/aromatic N) is 2. The average molecular weight is 164 g/mol. The van der Waals surface area contributed by atoms with Gasteiger partial charge in [-0.1, -0.05) is 6.07 Å². The average Bonchev–Trinajstić information content (AvgIpc) is 2.14. The number of rotatable bonds is 4. The van der Waals surface area contributed by atoms with E-state index < -0.39 is 0 Å². The molecule has 0 saturated heterocycles. The molecule has 0 spiro atoms. The summed E-state index contributed by atoms with van der Waals surface area (Å²) in [5.74, 6) is 0. The van der Waals surface area contributed by atoms with Gasteiger partial charge in [0.15, 0.2) is 6.40 Å². The molecule has 0 atom stereocenters. The van der Waals surface area contributed by atoms with Gasteiger partial charge in [-0.15, -0.1) is 0 Å². The normalized spacial score (nSPS) is 10.4. The summed E-state index contributed by atoms with van der Waals surface area (Å²) in [6.45, 7) is 0.750. The van der Waals surface area contributed by atoms with Gasteiger partial charge in [-0.2, -0.15) is 0 Å². The fourth-order valence-electron chi connectivity index (χ4n) is 0.867. The van der Waals surface area contributed by atoms with Crippen LogP contribution in [-0.2, 0) is 11.2 Å². The molecule has 0 radical (unpaired) electrons. The van der Waals surface area contributed by atoms with E-state index in [0.29, 0.717) is 0 Å². The van der Waals surface area contributed by atoms with Gasteiger partial charge in [0.25, 0.3) is 0 Å². The third-order valence-corrected chi connectivity index (χ3v) is 1.43. The molecule has 1 rings (SSSR count). The van der Waals surface area contributed by atoms with E-state index in [1.165, 1.54) is 12.0 Å². The van der Waals surface area contributed by atoms with Crippen LogP contribution < -0.4 is 0 Å². The van der Waals surface area contributed by atoms with Crippen LogP contribution >= 0.6 is 0 Å². The maximum atomic E-state index is 4.67. The van der Waals surface area contributed by atoms with Crippen molar-refractivity contribution < 1.29 is 4.74 Å². The first kappa shape index (κ1) is 8.71. The number of aliphatic imine (C=N–C) groups is 1. The number of aromatic nitrogens is 1. The predicted octanol–water partition coefficient (Wildman–Crippen LogP) is 1.30. The van der Waals surface area contributed by atoms with Gasteiger partial charge in [0.1, 0.15) is 0 Å². The van der Waals surface area contributed by atoms with Crippen molar-refractivity contribution in [1.82, 2.24) is 4.98 Å². The Morgan fingerprint density at radius 1 is 1.67 bits per heavy atom. The summed E-state index contributed by atoms with van der Waals surface area (Å²) in [6, 6.07) is 3.96. The summed E-state index contributed by atoms with van der Waals surface area (Å²) in [5, 5.41) is 0. The van der Waals surface area contributed by atoms with Crippen molar-refractivity contribution in [2.45, 2.75) is 6.42 Å². The van der Waals surface area contributed by atoms with E-state index in [1.807, 2.05) is 18.3 Å². The maximum Gasteiger partial charge on any atom is 0.168 e. The quantitative estimate of drug-likeness (QED) is 0.496. The molecule has 3 heteroatoms. The van der Waals surface area contributed by atoms with Gasteiger partial charge in [-0.3, -0.25) is 9.98 Å². The van der Waals surface area contributed by atoms with Crippen molar-refractivity contribution in [3.8, 4) is 0 Å². The zero-order chi connectivity index (χ0) is 8.65. The number of hydrogen-bond acceptors (Lipinski definition) is 3. The highest BCUT2D eigenvalue weighted by atomic mass is 16.5. The fraction of sp³-hybridized carbons (Fsp3) is 0.333. The molecule has 64 valence electrons. The molecule has 3 nitrogen and oxygen atoms in total. The molecule has 0 unspecified atom stereocenters. The third kappa shape index (κ3) is 3.14. The van der Waals surface area contributed by atoms with Crippen LogP contribution in [0.25, 0.3) is 0 Å². The molecule has 0 N–H and O–H groups in total. The molecule has 0 fully saturated rings. The molecule has 0 amide bonds. The second-order valence-electron chi connectivity index (χ2n) is 2.36. The fourth-order valence-corrected chi connectivity index (χ4v) is 0.867. The van der Waals surface area contributed by atoms with Gasteiger partial charge >= 0.3 is 0 Å². The first-order chi connectivity index (χ1) is 5.93. The Kier molecular flexibility index (Phi) is 3.84. The molecule has 0 aliphatic rings. The van der Waals surface area contributed by atoms with Crippen LogP contribution in [0.2, 0.25) is 0 Å². The van der Waals surface area contributed by atoms with E-state index >= 15 is 0 Å². The lowest BCUT2D eigenvalue weighted by atomic mass is 10.2. The summed E-state index contributed by atoms with van der Waals surface area (Å²) in [7, 11) is 1.59. The maximum absolute atomic E-state index is 4.67. The van der Waals surface area contributed by atoms with E-state index in [-0.39, 0.29) is 0 Å². The molecule has 12 heavy (non-hydrogen) atoms. The van der Waals surface area contributed by atoms with Crippen molar-refractivity contribution >= 4 is 6.40 Å². The first-order valence-corrected chi connectivity index (χ1v) is 3.83. The third-order valence-electron chi connectivity index (χ3n) is 1.43. The summed E-state index contributed by atoms with van der Waals surface area (Å²) < 4.78 is 4.67. The van der Waals surface area contributed by atoms with Gasteiger partial charge in [0.2, 0.25) is 0 Å². The number of pyridine rings is 1. The highest BCUT2D eigenvalue weighted by molar-refractivity contribution is 5.45. The molecular weight excluding hydrogens is 152 g/mol. The molecular formula is C9H12N2O. The topological polar surface area (TPSA) is 34.5 Å². The Balaban J connectivity index is 2.29. The minimum atomic E-state index is 0.750. The molecule has 0 aromatic carbocycles. The van der Waals surface area contributed by atoms with Crippen LogP contribution in [0.15, 0.2) is 29.5 Å². The first-order valence-electron chi connectivity index (χ1n) is 3.83. The van der Waals surface area contributed by atoms with Crippen molar-refractivity contribution in [3.63, 3.8) is 0 Å². The summed E-state index contributed by atoms with van der Waals surface area (Å²) in [5.41, 5.74) is 1.20. The van der Waals surface area contributed by atoms with Gasteiger partial charge < -0.3 is 4.74 Å². The summed E-state index contributed by atoms with van der Waals surface area (Å²) in [4.78, 5) is 8.01. The molecule has 1 aromatic rings. The molecule has 0 saturated carbocycles. The van der Waals surface area contributed by atoms with Crippen molar-refractivity contribution in [2.75, 3.05) is 13.7 Å². The lowest BCUT2D eigenvalue weighted by Crippen LogP contribution is -1.90. The van der Waals surface area contributed by atoms with Crippen LogP contribution in [0.4, 0.5) is 0 Å². The number of ether oxygens (including phenoxy) is 1. The Morgan fingerprint density at radius 3 is 3.25 bits per heavy atom. The van der Waals surface area contributed by atoms with E-state index in [0.717, 1.165) is 13.0 Å². The van der Waals surface area contributed by atoms with Crippen LogP contribution in [-0.4, -0.2) is 25.0 Å². The monoisotopic (exact) mass is 164 g/mol. The van der Waals surface area contributed by atoms with Gasteiger partial charge in [0.05, 0.1) is 7.11 Å². The SMILES string of the molecule is COC=NCCc1cccnc1. The smallest absolute Gasteiger partial charge is 0.168 e. The summed E-state index contributed by atoms with van der Waals surface area (Å²) in [6.07, 6.45) is 5.98. The minimum absolute atomic E-state index is 0.750.